The molecule has 2 atom stereocenters. The van der Waals surface area contributed by atoms with Gasteiger partial charge in [-0.25, -0.2) is 4.98 Å². The van der Waals surface area contributed by atoms with Crippen molar-refractivity contribution in [3.05, 3.63) is 11.9 Å². The standard InChI is InChI=1S/C11H17N3O2/c1-7-6-12-11(13-7)14-10(15)9-4-3-5-16-8(9)2/h6,8-9H,3-5H2,1-2H3,(H2,12,13,14,15). The molecule has 1 saturated heterocycles. The second-order valence-corrected chi connectivity index (χ2v) is 4.23. The summed E-state index contributed by atoms with van der Waals surface area (Å²) in [5.41, 5.74) is 0.934. The Labute approximate surface area is 94.6 Å². The Morgan fingerprint density at radius 3 is 3.12 bits per heavy atom. The van der Waals surface area contributed by atoms with E-state index in [0.29, 0.717) is 5.95 Å². The number of rotatable bonds is 2. The maximum absolute atomic E-state index is 11.9. The van der Waals surface area contributed by atoms with Gasteiger partial charge < -0.3 is 9.72 Å². The molecule has 1 amide bonds. The number of aromatic nitrogens is 2. The average Bonchev–Trinajstić information content (AvgIpc) is 2.64. The molecule has 0 spiro atoms. The summed E-state index contributed by atoms with van der Waals surface area (Å²) in [6, 6.07) is 0. The third-order valence-corrected chi connectivity index (χ3v) is 2.89. The molecule has 5 heteroatoms. The van der Waals surface area contributed by atoms with Crippen molar-refractivity contribution in [2.24, 2.45) is 5.92 Å². The number of amides is 1. The predicted molar refractivity (Wildman–Crippen MR) is 60.1 cm³/mol. The molecule has 1 aromatic heterocycles. The van der Waals surface area contributed by atoms with Gasteiger partial charge >= 0.3 is 0 Å². The lowest BCUT2D eigenvalue weighted by molar-refractivity contribution is -0.127. The zero-order chi connectivity index (χ0) is 11.5. The number of imidazole rings is 1. The fraction of sp³-hybridized carbons (Fsp3) is 0.636. The molecule has 2 unspecified atom stereocenters. The van der Waals surface area contributed by atoms with E-state index in [-0.39, 0.29) is 17.9 Å². The van der Waals surface area contributed by atoms with Crippen LogP contribution in [0.2, 0.25) is 0 Å². The molecule has 1 aliphatic heterocycles. The molecule has 2 N–H and O–H groups in total. The first-order valence-corrected chi connectivity index (χ1v) is 5.61. The van der Waals surface area contributed by atoms with Crippen LogP contribution in [0.3, 0.4) is 0 Å². The van der Waals surface area contributed by atoms with Crippen LogP contribution in [0.4, 0.5) is 5.95 Å². The molecule has 0 radical (unpaired) electrons. The molecule has 2 heterocycles. The zero-order valence-electron chi connectivity index (χ0n) is 9.62. The summed E-state index contributed by atoms with van der Waals surface area (Å²) in [6.45, 7) is 4.59. The highest BCUT2D eigenvalue weighted by Gasteiger charge is 2.28. The van der Waals surface area contributed by atoms with Crippen molar-refractivity contribution in [1.82, 2.24) is 9.97 Å². The molecule has 0 aromatic carbocycles. The van der Waals surface area contributed by atoms with Crippen molar-refractivity contribution in [3.63, 3.8) is 0 Å². The van der Waals surface area contributed by atoms with E-state index in [1.807, 2.05) is 13.8 Å². The Kier molecular flexibility index (Phi) is 3.24. The highest BCUT2D eigenvalue weighted by molar-refractivity contribution is 5.91. The first kappa shape index (κ1) is 11.1. The van der Waals surface area contributed by atoms with Gasteiger partial charge in [-0.2, -0.15) is 0 Å². The maximum atomic E-state index is 11.9. The van der Waals surface area contributed by atoms with Crippen molar-refractivity contribution < 1.29 is 9.53 Å². The van der Waals surface area contributed by atoms with E-state index in [0.717, 1.165) is 25.1 Å². The van der Waals surface area contributed by atoms with Gasteiger partial charge in [-0.05, 0) is 26.7 Å². The van der Waals surface area contributed by atoms with Crippen molar-refractivity contribution in [1.29, 1.82) is 0 Å². The number of hydrogen-bond acceptors (Lipinski definition) is 3. The van der Waals surface area contributed by atoms with E-state index in [2.05, 4.69) is 15.3 Å². The van der Waals surface area contributed by atoms with Crippen molar-refractivity contribution in [3.8, 4) is 0 Å². The number of carbonyl (C=O) groups excluding carboxylic acids is 1. The monoisotopic (exact) mass is 223 g/mol. The van der Waals surface area contributed by atoms with E-state index in [1.165, 1.54) is 0 Å². The average molecular weight is 223 g/mol. The lowest BCUT2D eigenvalue weighted by Gasteiger charge is -2.27. The Hall–Kier alpha value is -1.36. The van der Waals surface area contributed by atoms with E-state index in [4.69, 9.17) is 4.74 Å². The minimum atomic E-state index is -0.0702. The zero-order valence-corrected chi connectivity index (χ0v) is 9.62. The van der Waals surface area contributed by atoms with Crippen LogP contribution >= 0.6 is 0 Å². The summed E-state index contributed by atoms with van der Waals surface area (Å²) >= 11 is 0. The van der Waals surface area contributed by atoms with Gasteiger partial charge in [-0.15, -0.1) is 0 Å². The Morgan fingerprint density at radius 1 is 1.69 bits per heavy atom. The van der Waals surface area contributed by atoms with Crippen LogP contribution in [0.25, 0.3) is 0 Å². The fourth-order valence-electron chi connectivity index (χ4n) is 1.95. The van der Waals surface area contributed by atoms with E-state index < -0.39 is 0 Å². The summed E-state index contributed by atoms with van der Waals surface area (Å²) in [7, 11) is 0. The van der Waals surface area contributed by atoms with Gasteiger partial charge in [0.2, 0.25) is 11.9 Å². The van der Waals surface area contributed by atoms with E-state index in [9.17, 15) is 4.79 Å². The van der Waals surface area contributed by atoms with Gasteiger partial charge in [-0.1, -0.05) is 0 Å². The first-order valence-electron chi connectivity index (χ1n) is 5.61. The topological polar surface area (TPSA) is 67.0 Å². The molecule has 2 rings (SSSR count). The summed E-state index contributed by atoms with van der Waals surface area (Å²) in [5, 5.41) is 2.78. The molecular weight excluding hydrogens is 206 g/mol. The van der Waals surface area contributed by atoms with Crippen LogP contribution in [0.15, 0.2) is 6.20 Å². The lowest BCUT2D eigenvalue weighted by atomic mass is 9.94. The number of ether oxygens (including phenoxy) is 1. The molecular formula is C11H17N3O2. The van der Waals surface area contributed by atoms with Crippen LogP contribution in [-0.4, -0.2) is 28.6 Å². The number of H-pyrrole nitrogens is 1. The Balaban J connectivity index is 1.96. The van der Waals surface area contributed by atoms with Crippen LogP contribution < -0.4 is 5.32 Å². The quantitative estimate of drug-likeness (QED) is 0.797. The lowest BCUT2D eigenvalue weighted by Crippen LogP contribution is -2.36. The van der Waals surface area contributed by atoms with Crippen molar-refractivity contribution in [2.75, 3.05) is 11.9 Å². The van der Waals surface area contributed by atoms with Gasteiger partial charge in [0.1, 0.15) is 0 Å². The van der Waals surface area contributed by atoms with Crippen molar-refractivity contribution >= 4 is 11.9 Å². The van der Waals surface area contributed by atoms with Gasteiger partial charge in [0, 0.05) is 18.5 Å². The van der Waals surface area contributed by atoms with Gasteiger partial charge in [0.25, 0.3) is 0 Å². The second-order valence-electron chi connectivity index (χ2n) is 4.23. The number of nitrogens with zero attached hydrogens (tertiary/aromatic N) is 1. The molecule has 88 valence electrons. The number of nitrogens with one attached hydrogen (secondary N) is 2. The van der Waals surface area contributed by atoms with Gasteiger partial charge in [-0.3, -0.25) is 10.1 Å². The summed E-state index contributed by atoms with van der Waals surface area (Å²) in [6.07, 6.45) is 3.51. The molecule has 1 fully saturated rings. The summed E-state index contributed by atoms with van der Waals surface area (Å²) in [4.78, 5) is 19.0. The van der Waals surface area contributed by atoms with E-state index in [1.54, 1.807) is 6.20 Å². The Morgan fingerprint density at radius 2 is 2.50 bits per heavy atom. The number of aromatic amines is 1. The first-order chi connectivity index (χ1) is 7.66. The number of hydrogen-bond donors (Lipinski definition) is 2. The number of aryl methyl sites for hydroxylation is 1. The van der Waals surface area contributed by atoms with Gasteiger partial charge in [0.15, 0.2) is 0 Å². The van der Waals surface area contributed by atoms with Gasteiger partial charge in [0.05, 0.1) is 12.0 Å². The molecule has 1 aliphatic rings. The fourth-order valence-corrected chi connectivity index (χ4v) is 1.95. The smallest absolute Gasteiger partial charge is 0.232 e. The molecule has 0 aliphatic carbocycles. The van der Waals surface area contributed by atoms with Crippen LogP contribution in [0.1, 0.15) is 25.5 Å². The molecule has 0 saturated carbocycles. The summed E-state index contributed by atoms with van der Waals surface area (Å²) < 4.78 is 5.46. The van der Waals surface area contributed by atoms with Crippen LogP contribution in [0, 0.1) is 12.8 Å². The van der Waals surface area contributed by atoms with Crippen LogP contribution in [-0.2, 0) is 9.53 Å². The van der Waals surface area contributed by atoms with E-state index >= 15 is 0 Å². The number of carbonyl (C=O) groups is 1. The predicted octanol–water partition coefficient (Wildman–Crippen LogP) is 1.47. The summed E-state index contributed by atoms with van der Waals surface area (Å²) in [5.74, 6) is 0.431. The Bertz CT molecular complexity index is 375. The molecule has 0 bridgehead atoms. The highest BCUT2D eigenvalue weighted by atomic mass is 16.5. The normalized spacial score (nSPS) is 25.4. The molecule has 5 nitrogen and oxygen atoms in total. The largest absolute Gasteiger partial charge is 0.378 e. The highest BCUT2D eigenvalue weighted by Crippen LogP contribution is 2.21. The number of anilines is 1. The minimum Gasteiger partial charge on any atom is -0.378 e. The minimum absolute atomic E-state index is 0.00944. The maximum Gasteiger partial charge on any atom is 0.232 e. The molecule has 16 heavy (non-hydrogen) atoms. The third-order valence-electron chi connectivity index (χ3n) is 2.89. The second kappa shape index (κ2) is 4.65. The molecule has 1 aromatic rings. The third kappa shape index (κ3) is 2.41. The SMILES string of the molecule is Cc1cnc(NC(=O)C2CCCOC2C)[nH]1. The van der Waals surface area contributed by atoms with Crippen LogP contribution in [0.5, 0.6) is 0 Å². The van der Waals surface area contributed by atoms with Crippen molar-refractivity contribution in [2.45, 2.75) is 32.8 Å².